The number of nitrogens with one attached hydrogen (secondary N) is 2. The van der Waals surface area contributed by atoms with Crippen LogP contribution < -0.4 is 21.1 Å². The predicted octanol–water partition coefficient (Wildman–Crippen LogP) is 2.05. The molecule has 1 saturated carbocycles. The number of hydrogen-bond donors (Lipinski definition) is 3. The van der Waals surface area contributed by atoms with Crippen LogP contribution in [0, 0.1) is 5.92 Å². The quantitative estimate of drug-likeness (QED) is 0.679. The van der Waals surface area contributed by atoms with Gasteiger partial charge in [-0.05, 0) is 44.0 Å². The van der Waals surface area contributed by atoms with Crippen molar-refractivity contribution in [1.29, 1.82) is 0 Å². The fourth-order valence-electron chi connectivity index (χ4n) is 2.90. The first-order valence-electron chi connectivity index (χ1n) is 8.61. The minimum atomic E-state index is -0.176. The van der Waals surface area contributed by atoms with Crippen LogP contribution in [0.4, 0.5) is 5.69 Å². The SMILES string of the molecule is CC(CC(=O)Nc1ccc(OCCN)cc1)NC(=O)C1CCCC1. The summed E-state index contributed by atoms with van der Waals surface area (Å²) < 4.78 is 5.39. The highest BCUT2D eigenvalue weighted by Crippen LogP contribution is 2.24. The second kappa shape index (κ2) is 9.27. The summed E-state index contributed by atoms with van der Waals surface area (Å²) >= 11 is 0. The topological polar surface area (TPSA) is 93.4 Å². The highest BCUT2D eigenvalue weighted by atomic mass is 16.5. The first-order chi connectivity index (χ1) is 11.6. The molecule has 6 nitrogen and oxygen atoms in total. The molecule has 0 saturated heterocycles. The van der Waals surface area contributed by atoms with Crippen molar-refractivity contribution in [3.63, 3.8) is 0 Å². The van der Waals surface area contributed by atoms with E-state index < -0.39 is 0 Å². The maximum absolute atomic E-state index is 12.1. The fourth-order valence-corrected chi connectivity index (χ4v) is 2.90. The summed E-state index contributed by atoms with van der Waals surface area (Å²) in [5.74, 6) is 0.797. The number of carbonyl (C=O) groups excluding carboxylic acids is 2. The molecule has 1 aliphatic carbocycles. The first kappa shape index (κ1) is 18.3. The van der Waals surface area contributed by atoms with Gasteiger partial charge in [0.1, 0.15) is 12.4 Å². The maximum Gasteiger partial charge on any atom is 0.226 e. The van der Waals surface area contributed by atoms with E-state index in [1.54, 1.807) is 24.3 Å². The van der Waals surface area contributed by atoms with Crippen molar-refractivity contribution in [2.24, 2.45) is 11.7 Å². The Hall–Kier alpha value is -2.08. The average Bonchev–Trinajstić information content (AvgIpc) is 3.08. The van der Waals surface area contributed by atoms with Crippen LogP contribution in [0.2, 0.25) is 0 Å². The number of amides is 2. The van der Waals surface area contributed by atoms with Crippen LogP contribution >= 0.6 is 0 Å². The van der Waals surface area contributed by atoms with Gasteiger partial charge in [0, 0.05) is 30.6 Å². The molecule has 0 radical (unpaired) electrons. The molecule has 2 rings (SSSR count). The summed E-state index contributed by atoms with van der Waals surface area (Å²) in [6, 6.07) is 6.97. The Bertz CT molecular complexity index is 539. The van der Waals surface area contributed by atoms with Crippen LogP contribution in [-0.4, -0.2) is 31.0 Å². The van der Waals surface area contributed by atoms with Gasteiger partial charge in [-0.2, -0.15) is 0 Å². The zero-order valence-corrected chi connectivity index (χ0v) is 14.2. The van der Waals surface area contributed by atoms with Crippen molar-refractivity contribution >= 4 is 17.5 Å². The predicted molar refractivity (Wildman–Crippen MR) is 93.8 cm³/mol. The summed E-state index contributed by atoms with van der Waals surface area (Å²) in [6.45, 7) is 2.78. The Morgan fingerprint density at radius 3 is 2.54 bits per heavy atom. The first-order valence-corrected chi connectivity index (χ1v) is 8.61. The van der Waals surface area contributed by atoms with E-state index in [1.165, 1.54) is 0 Å². The Kier molecular flexibility index (Phi) is 7.06. The maximum atomic E-state index is 12.1. The van der Waals surface area contributed by atoms with Crippen LogP contribution in [0.3, 0.4) is 0 Å². The van der Waals surface area contributed by atoms with Gasteiger partial charge in [0.2, 0.25) is 11.8 Å². The lowest BCUT2D eigenvalue weighted by molar-refractivity contribution is -0.125. The molecule has 1 atom stereocenters. The minimum Gasteiger partial charge on any atom is -0.492 e. The van der Waals surface area contributed by atoms with Crippen molar-refractivity contribution in [1.82, 2.24) is 5.32 Å². The van der Waals surface area contributed by atoms with Crippen LogP contribution in [0.1, 0.15) is 39.0 Å². The third-order valence-corrected chi connectivity index (χ3v) is 4.13. The third kappa shape index (κ3) is 5.85. The second-order valence-corrected chi connectivity index (χ2v) is 6.30. The summed E-state index contributed by atoms with van der Waals surface area (Å²) in [4.78, 5) is 24.1. The third-order valence-electron chi connectivity index (χ3n) is 4.13. The van der Waals surface area contributed by atoms with Crippen molar-refractivity contribution in [2.75, 3.05) is 18.5 Å². The Labute approximate surface area is 143 Å². The van der Waals surface area contributed by atoms with E-state index in [1.807, 2.05) is 6.92 Å². The molecule has 0 spiro atoms. The lowest BCUT2D eigenvalue weighted by Crippen LogP contribution is -2.38. The number of benzene rings is 1. The Morgan fingerprint density at radius 1 is 1.25 bits per heavy atom. The average molecular weight is 333 g/mol. The molecule has 2 amide bonds. The van der Waals surface area contributed by atoms with E-state index in [2.05, 4.69) is 10.6 Å². The molecule has 132 valence electrons. The molecular formula is C18H27N3O3. The van der Waals surface area contributed by atoms with E-state index in [0.29, 0.717) is 18.8 Å². The number of rotatable bonds is 8. The Balaban J connectivity index is 1.74. The number of nitrogens with two attached hydrogens (primary N) is 1. The van der Waals surface area contributed by atoms with Gasteiger partial charge in [-0.25, -0.2) is 0 Å². The molecule has 0 aromatic heterocycles. The van der Waals surface area contributed by atoms with Gasteiger partial charge >= 0.3 is 0 Å². The lowest BCUT2D eigenvalue weighted by Gasteiger charge is -2.17. The molecule has 4 N–H and O–H groups in total. The monoisotopic (exact) mass is 333 g/mol. The van der Waals surface area contributed by atoms with Crippen molar-refractivity contribution in [2.45, 2.75) is 45.1 Å². The van der Waals surface area contributed by atoms with Crippen LogP contribution in [0.5, 0.6) is 5.75 Å². The molecule has 0 aliphatic heterocycles. The number of carbonyl (C=O) groups is 2. The normalized spacial score (nSPS) is 15.8. The number of ether oxygens (including phenoxy) is 1. The number of anilines is 1. The van der Waals surface area contributed by atoms with Crippen LogP contribution in [0.25, 0.3) is 0 Å². The van der Waals surface area contributed by atoms with E-state index in [-0.39, 0.29) is 30.2 Å². The highest BCUT2D eigenvalue weighted by molar-refractivity contribution is 5.91. The van der Waals surface area contributed by atoms with E-state index in [4.69, 9.17) is 10.5 Å². The fraction of sp³-hybridized carbons (Fsp3) is 0.556. The van der Waals surface area contributed by atoms with Gasteiger partial charge in [0.15, 0.2) is 0 Å². The minimum absolute atomic E-state index is 0.0780. The molecule has 0 heterocycles. The lowest BCUT2D eigenvalue weighted by atomic mass is 10.1. The molecule has 0 bridgehead atoms. The van der Waals surface area contributed by atoms with E-state index in [9.17, 15) is 9.59 Å². The molecule has 1 fully saturated rings. The number of hydrogen-bond acceptors (Lipinski definition) is 4. The highest BCUT2D eigenvalue weighted by Gasteiger charge is 2.24. The second-order valence-electron chi connectivity index (χ2n) is 6.30. The molecule has 1 aliphatic rings. The van der Waals surface area contributed by atoms with E-state index in [0.717, 1.165) is 31.4 Å². The summed E-state index contributed by atoms with van der Waals surface area (Å²) in [5.41, 5.74) is 6.08. The summed E-state index contributed by atoms with van der Waals surface area (Å²) in [5, 5.41) is 5.77. The molecule has 1 unspecified atom stereocenters. The Morgan fingerprint density at radius 2 is 1.92 bits per heavy atom. The molecule has 1 aromatic carbocycles. The van der Waals surface area contributed by atoms with Crippen LogP contribution in [-0.2, 0) is 9.59 Å². The van der Waals surface area contributed by atoms with E-state index >= 15 is 0 Å². The van der Waals surface area contributed by atoms with Gasteiger partial charge < -0.3 is 21.1 Å². The zero-order chi connectivity index (χ0) is 17.4. The molecule has 6 heteroatoms. The standard InChI is InChI=1S/C18H27N3O3/c1-13(20-18(23)14-4-2-3-5-14)12-17(22)21-15-6-8-16(9-7-15)24-11-10-19/h6-9,13-14H,2-5,10-12,19H2,1H3,(H,20,23)(H,21,22). The van der Waals surface area contributed by atoms with Crippen LogP contribution in [0.15, 0.2) is 24.3 Å². The van der Waals surface area contributed by atoms with Gasteiger partial charge in [-0.15, -0.1) is 0 Å². The van der Waals surface area contributed by atoms with Crippen molar-refractivity contribution < 1.29 is 14.3 Å². The van der Waals surface area contributed by atoms with Gasteiger partial charge in [0.25, 0.3) is 0 Å². The van der Waals surface area contributed by atoms with Gasteiger partial charge in [-0.1, -0.05) is 12.8 Å². The van der Waals surface area contributed by atoms with Crippen molar-refractivity contribution in [3.05, 3.63) is 24.3 Å². The molecule has 24 heavy (non-hydrogen) atoms. The summed E-state index contributed by atoms with van der Waals surface area (Å²) in [6.07, 6.45) is 4.42. The molecular weight excluding hydrogens is 306 g/mol. The smallest absolute Gasteiger partial charge is 0.226 e. The largest absolute Gasteiger partial charge is 0.492 e. The molecule has 1 aromatic rings. The van der Waals surface area contributed by atoms with Gasteiger partial charge in [0.05, 0.1) is 0 Å². The van der Waals surface area contributed by atoms with Gasteiger partial charge in [-0.3, -0.25) is 9.59 Å². The summed E-state index contributed by atoms with van der Waals surface area (Å²) in [7, 11) is 0. The zero-order valence-electron chi connectivity index (χ0n) is 14.2. The van der Waals surface area contributed by atoms with Crippen molar-refractivity contribution in [3.8, 4) is 5.75 Å².